The first kappa shape index (κ1) is 17.9. The van der Waals surface area contributed by atoms with Gasteiger partial charge in [0.1, 0.15) is 0 Å². The molecule has 0 aliphatic carbocycles. The summed E-state index contributed by atoms with van der Waals surface area (Å²) in [6.07, 6.45) is -0.890. The van der Waals surface area contributed by atoms with Gasteiger partial charge < -0.3 is 25.5 Å². The number of nitrogens with one attached hydrogen (secondary N) is 2. The predicted molar refractivity (Wildman–Crippen MR) is 96.4 cm³/mol. The predicted octanol–water partition coefficient (Wildman–Crippen LogP) is -0.157. The molecular formula is C17H18BN3O5. The average Bonchev–Trinajstić information content (AvgIpc) is 3.13. The highest BCUT2D eigenvalue weighted by molar-refractivity contribution is 6.41. The Labute approximate surface area is 150 Å². The molecule has 0 aromatic heterocycles. The zero-order valence-electron chi connectivity index (χ0n) is 13.9. The summed E-state index contributed by atoms with van der Waals surface area (Å²) < 4.78 is 0. The van der Waals surface area contributed by atoms with Crippen molar-refractivity contribution in [1.29, 1.82) is 0 Å². The summed E-state index contributed by atoms with van der Waals surface area (Å²) in [6.45, 7) is 0.165. The highest BCUT2D eigenvalue weighted by Crippen LogP contribution is 2.16. The molecule has 0 radical (unpaired) electrons. The molecule has 1 atom stereocenters. The van der Waals surface area contributed by atoms with Gasteiger partial charge in [-0.05, 0) is 22.9 Å². The van der Waals surface area contributed by atoms with Gasteiger partial charge in [-0.15, -0.1) is 0 Å². The molecule has 2 amide bonds. The van der Waals surface area contributed by atoms with Gasteiger partial charge in [-0.2, -0.15) is 0 Å². The number of oxime groups is 1. The lowest BCUT2D eigenvalue weighted by Gasteiger charge is -2.09. The first-order valence-corrected chi connectivity index (χ1v) is 8.15. The van der Waals surface area contributed by atoms with Crippen LogP contribution in [0.15, 0.2) is 47.6 Å². The van der Waals surface area contributed by atoms with Gasteiger partial charge in [0.05, 0.1) is 18.7 Å². The first-order chi connectivity index (χ1) is 12.5. The molecule has 3 rings (SSSR count). The third-order valence-electron chi connectivity index (χ3n) is 3.95. The fraction of sp³-hybridized carbons (Fsp3) is 0.235. The lowest BCUT2D eigenvalue weighted by atomic mass is 9.92. The molecule has 0 spiro atoms. The summed E-state index contributed by atoms with van der Waals surface area (Å²) in [4.78, 5) is 29.1. The lowest BCUT2D eigenvalue weighted by molar-refractivity contribution is -0.130. The second kappa shape index (κ2) is 7.98. The van der Waals surface area contributed by atoms with Gasteiger partial charge in [0.15, 0.2) is 0 Å². The Morgan fingerprint density at radius 1 is 1.15 bits per heavy atom. The van der Waals surface area contributed by atoms with Crippen molar-refractivity contribution in [3.63, 3.8) is 0 Å². The topological polar surface area (TPSA) is 120 Å². The van der Waals surface area contributed by atoms with Gasteiger partial charge in [-0.25, -0.2) is 0 Å². The van der Waals surface area contributed by atoms with E-state index < -0.39 is 19.1 Å². The van der Waals surface area contributed by atoms with E-state index in [0.717, 1.165) is 10.8 Å². The highest BCUT2D eigenvalue weighted by atomic mass is 16.6. The molecule has 134 valence electrons. The summed E-state index contributed by atoms with van der Waals surface area (Å²) in [5.74, 6) is -0.729. The average molecular weight is 355 g/mol. The Morgan fingerprint density at radius 2 is 1.92 bits per heavy atom. The number of benzene rings is 2. The normalized spacial score (nSPS) is 15.9. The van der Waals surface area contributed by atoms with Crippen LogP contribution < -0.4 is 10.6 Å². The number of carbonyl (C=O) groups is 2. The third kappa shape index (κ3) is 4.38. The lowest BCUT2D eigenvalue weighted by Crippen LogP contribution is -2.41. The molecule has 26 heavy (non-hydrogen) atoms. The fourth-order valence-corrected chi connectivity index (χ4v) is 2.59. The van der Waals surface area contributed by atoms with Crippen molar-refractivity contribution in [3.05, 3.63) is 48.0 Å². The number of fused-ring (bicyclic) bond motifs is 1. The zero-order valence-corrected chi connectivity index (χ0v) is 13.9. The molecule has 1 aliphatic rings. The molecule has 2 aromatic carbocycles. The second-order valence-electron chi connectivity index (χ2n) is 5.93. The summed E-state index contributed by atoms with van der Waals surface area (Å²) in [6, 6.07) is 13.2. The fourth-order valence-electron chi connectivity index (χ4n) is 2.59. The molecule has 0 bridgehead atoms. The maximum absolute atomic E-state index is 12.3. The standard InChI is InChI=1S/C17H18BN3O5/c22-16(13-6-5-11-3-1-2-4-12(11)7-13)19-9-14-8-15(26-21-14)17(23)20-10-18(24)25/h1-7,15,24-25H,8-10H2,(H,19,22)(H,20,23). The van der Waals surface area contributed by atoms with Gasteiger partial charge in [0, 0.05) is 12.0 Å². The Kier molecular flexibility index (Phi) is 5.50. The maximum atomic E-state index is 12.3. The van der Waals surface area contributed by atoms with Crippen LogP contribution in [0.5, 0.6) is 0 Å². The van der Waals surface area contributed by atoms with E-state index in [1.54, 1.807) is 6.07 Å². The van der Waals surface area contributed by atoms with Gasteiger partial charge in [0.2, 0.25) is 6.10 Å². The summed E-state index contributed by atoms with van der Waals surface area (Å²) in [7, 11) is -1.62. The molecule has 8 nitrogen and oxygen atoms in total. The number of hydrogen-bond donors (Lipinski definition) is 4. The van der Waals surface area contributed by atoms with Crippen LogP contribution in [0.1, 0.15) is 16.8 Å². The van der Waals surface area contributed by atoms with E-state index in [1.165, 1.54) is 0 Å². The molecular weight excluding hydrogens is 337 g/mol. The van der Waals surface area contributed by atoms with Crippen LogP contribution in [0.3, 0.4) is 0 Å². The van der Waals surface area contributed by atoms with Crippen molar-refractivity contribution in [3.8, 4) is 0 Å². The van der Waals surface area contributed by atoms with Crippen LogP contribution in [-0.4, -0.2) is 53.8 Å². The maximum Gasteiger partial charge on any atom is 0.472 e. The Balaban J connectivity index is 1.51. The van der Waals surface area contributed by atoms with Crippen molar-refractivity contribution < 1.29 is 24.5 Å². The van der Waals surface area contributed by atoms with Gasteiger partial charge in [0.25, 0.3) is 11.8 Å². The van der Waals surface area contributed by atoms with Crippen molar-refractivity contribution >= 4 is 35.4 Å². The van der Waals surface area contributed by atoms with E-state index in [-0.39, 0.29) is 25.3 Å². The molecule has 1 aliphatic heterocycles. The Hall–Kier alpha value is -2.91. The monoisotopic (exact) mass is 355 g/mol. The van der Waals surface area contributed by atoms with E-state index in [4.69, 9.17) is 14.9 Å². The SMILES string of the molecule is O=C(NCC1=NOC(C(=O)NCB(O)O)C1)c1ccc2ccccc2c1. The van der Waals surface area contributed by atoms with E-state index in [9.17, 15) is 9.59 Å². The molecule has 0 saturated carbocycles. The molecule has 9 heteroatoms. The van der Waals surface area contributed by atoms with Crippen molar-refractivity contribution in [1.82, 2.24) is 10.6 Å². The quantitative estimate of drug-likeness (QED) is 0.537. The zero-order chi connectivity index (χ0) is 18.5. The third-order valence-corrected chi connectivity index (χ3v) is 3.95. The molecule has 0 saturated heterocycles. The van der Waals surface area contributed by atoms with Crippen LogP contribution in [0, 0.1) is 0 Å². The number of hydrogen-bond acceptors (Lipinski definition) is 6. The molecule has 0 fully saturated rings. The van der Waals surface area contributed by atoms with E-state index in [2.05, 4.69) is 15.8 Å². The van der Waals surface area contributed by atoms with Crippen molar-refractivity contribution in [2.45, 2.75) is 12.5 Å². The van der Waals surface area contributed by atoms with Crippen LogP contribution in [0.4, 0.5) is 0 Å². The van der Waals surface area contributed by atoms with Crippen LogP contribution in [0.2, 0.25) is 0 Å². The summed E-state index contributed by atoms with van der Waals surface area (Å²) >= 11 is 0. The van der Waals surface area contributed by atoms with Crippen LogP contribution in [0.25, 0.3) is 10.8 Å². The number of amides is 2. The van der Waals surface area contributed by atoms with Crippen molar-refractivity contribution in [2.24, 2.45) is 5.16 Å². The minimum Gasteiger partial charge on any atom is -0.426 e. The van der Waals surface area contributed by atoms with Crippen molar-refractivity contribution in [2.75, 3.05) is 13.0 Å². The number of nitrogens with zero attached hydrogens (tertiary/aromatic N) is 1. The number of carbonyl (C=O) groups excluding carboxylic acids is 2. The molecule has 2 aromatic rings. The van der Waals surface area contributed by atoms with Crippen LogP contribution in [-0.2, 0) is 9.63 Å². The van der Waals surface area contributed by atoms with E-state index in [0.29, 0.717) is 11.3 Å². The first-order valence-electron chi connectivity index (χ1n) is 8.15. The Morgan fingerprint density at radius 3 is 2.69 bits per heavy atom. The summed E-state index contributed by atoms with van der Waals surface area (Å²) in [5, 5.41) is 28.4. The molecule has 1 unspecified atom stereocenters. The minimum absolute atomic E-state index is 0.165. The van der Waals surface area contributed by atoms with Crippen LogP contribution >= 0.6 is 0 Å². The number of rotatable bonds is 6. The smallest absolute Gasteiger partial charge is 0.426 e. The largest absolute Gasteiger partial charge is 0.472 e. The Bertz CT molecular complexity index is 855. The molecule has 4 N–H and O–H groups in total. The second-order valence-corrected chi connectivity index (χ2v) is 5.93. The summed E-state index contributed by atoms with van der Waals surface area (Å²) in [5.41, 5.74) is 1.07. The van der Waals surface area contributed by atoms with Gasteiger partial charge in [-0.1, -0.05) is 35.5 Å². The highest BCUT2D eigenvalue weighted by Gasteiger charge is 2.28. The minimum atomic E-state index is -1.62. The molecule has 1 heterocycles. The van der Waals surface area contributed by atoms with Gasteiger partial charge >= 0.3 is 7.12 Å². The van der Waals surface area contributed by atoms with Gasteiger partial charge in [-0.3, -0.25) is 9.59 Å². The van der Waals surface area contributed by atoms with E-state index >= 15 is 0 Å². The van der Waals surface area contributed by atoms with E-state index in [1.807, 2.05) is 36.4 Å².